The number of H-pyrrole nitrogens is 1. The van der Waals surface area contributed by atoms with Crippen molar-refractivity contribution >= 4 is 22.9 Å². The lowest BCUT2D eigenvalue weighted by Crippen LogP contribution is -2.64. The highest BCUT2D eigenvalue weighted by Gasteiger charge is 2.47. The molecular weight excluding hydrogens is 310 g/mol. The molecule has 2 aliphatic heterocycles. The standard InChI is InChI=1S/C16H21N5OS/c1-19-9-15(22)21(14-2-5-23-10-14)12-16(19)3-4-20(11-16)8-13-6-17-18-7-13/h2,5-7,10H,3-4,8-9,11-12H2,1H3,(H,17,18). The maximum Gasteiger partial charge on any atom is 0.241 e. The van der Waals surface area contributed by atoms with Crippen LogP contribution in [-0.4, -0.2) is 64.7 Å². The summed E-state index contributed by atoms with van der Waals surface area (Å²) < 4.78 is 0. The minimum Gasteiger partial charge on any atom is -0.309 e. The third-order valence-electron chi connectivity index (χ3n) is 5.13. The largest absolute Gasteiger partial charge is 0.309 e. The van der Waals surface area contributed by atoms with Crippen LogP contribution in [-0.2, 0) is 11.3 Å². The summed E-state index contributed by atoms with van der Waals surface area (Å²) in [7, 11) is 2.09. The van der Waals surface area contributed by atoms with Gasteiger partial charge in [-0.15, -0.1) is 0 Å². The van der Waals surface area contributed by atoms with E-state index in [0.717, 1.165) is 38.3 Å². The number of thiophene rings is 1. The number of hydrogen-bond acceptors (Lipinski definition) is 5. The van der Waals surface area contributed by atoms with Gasteiger partial charge in [-0.05, 0) is 24.9 Å². The molecule has 2 fully saturated rings. The Kier molecular flexibility index (Phi) is 3.71. The number of likely N-dealkylation sites (tertiary alicyclic amines) is 1. The molecule has 1 amide bonds. The molecule has 0 aromatic carbocycles. The van der Waals surface area contributed by atoms with Gasteiger partial charge in [0.1, 0.15) is 0 Å². The zero-order valence-corrected chi connectivity index (χ0v) is 14.1. The molecule has 0 aliphatic carbocycles. The molecule has 1 unspecified atom stereocenters. The van der Waals surface area contributed by atoms with E-state index in [-0.39, 0.29) is 11.4 Å². The zero-order valence-electron chi connectivity index (χ0n) is 13.2. The van der Waals surface area contributed by atoms with Crippen molar-refractivity contribution < 1.29 is 4.79 Å². The molecule has 4 rings (SSSR count). The summed E-state index contributed by atoms with van der Waals surface area (Å²) in [4.78, 5) is 19.1. The van der Waals surface area contributed by atoms with Gasteiger partial charge in [-0.1, -0.05) is 0 Å². The van der Waals surface area contributed by atoms with Crippen LogP contribution in [0.2, 0.25) is 0 Å². The summed E-state index contributed by atoms with van der Waals surface area (Å²) in [5, 5.41) is 11.0. The number of carbonyl (C=O) groups excluding carboxylic acids is 1. The molecule has 1 atom stereocenters. The number of amides is 1. The highest BCUT2D eigenvalue weighted by Crippen LogP contribution is 2.34. The van der Waals surface area contributed by atoms with Gasteiger partial charge in [0.05, 0.1) is 24.0 Å². The Morgan fingerprint density at radius 2 is 2.35 bits per heavy atom. The molecule has 4 heterocycles. The van der Waals surface area contributed by atoms with Crippen LogP contribution in [0.25, 0.3) is 0 Å². The molecule has 2 aliphatic rings. The van der Waals surface area contributed by atoms with Crippen LogP contribution in [0.4, 0.5) is 5.69 Å². The zero-order chi connectivity index (χ0) is 15.9. The summed E-state index contributed by atoms with van der Waals surface area (Å²) in [6, 6.07) is 2.04. The number of piperazine rings is 1. The van der Waals surface area contributed by atoms with Crippen LogP contribution in [0.1, 0.15) is 12.0 Å². The summed E-state index contributed by atoms with van der Waals surface area (Å²) >= 11 is 1.64. The summed E-state index contributed by atoms with van der Waals surface area (Å²) in [5.74, 6) is 0.199. The number of hydrogen-bond donors (Lipinski definition) is 1. The second-order valence-electron chi connectivity index (χ2n) is 6.61. The highest BCUT2D eigenvalue weighted by atomic mass is 32.1. The fourth-order valence-corrected chi connectivity index (χ4v) is 4.39. The first-order valence-electron chi connectivity index (χ1n) is 7.90. The number of nitrogens with one attached hydrogen (secondary N) is 1. The maximum atomic E-state index is 12.4. The van der Waals surface area contributed by atoms with Gasteiger partial charge in [0, 0.05) is 43.3 Å². The van der Waals surface area contributed by atoms with E-state index in [2.05, 4.69) is 32.4 Å². The predicted molar refractivity (Wildman–Crippen MR) is 90.5 cm³/mol. The molecule has 2 aromatic heterocycles. The number of aromatic nitrogens is 2. The van der Waals surface area contributed by atoms with Crippen molar-refractivity contribution in [2.45, 2.75) is 18.5 Å². The summed E-state index contributed by atoms with van der Waals surface area (Å²) in [6.07, 6.45) is 4.93. The molecule has 0 saturated carbocycles. The first-order valence-corrected chi connectivity index (χ1v) is 8.84. The van der Waals surface area contributed by atoms with Crippen molar-refractivity contribution in [1.29, 1.82) is 0 Å². The Hall–Kier alpha value is -1.70. The van der Waals surface area contributed by atoms with Crippen molar-refractivity contribution in [2.75, 3.05) is 38.1 Å². The average molecular weight is 331 g/mol. The molecular formula is C16H21N5OS. The molecule has 0 bridgehead atoms. The molecule has 2 aromatic rings. The van der Waals surface area contributed by atoms with E-state index in [0.29, 0.717) is 6.54 Å². The van der Waals surface area contributed by atoms with Gasteiger partial charge in [0.2, 0.25) is 5.91 Å². The lowest BCUT2D eigenvalue weighted by molar-refractivity contribution is -0.123. The summed E-state index contributed by atoms with van der Waals surface area (Å²) in [6.45, 7) is 4.23. The van der Waals surface area contributed by atoms with Crippen molar-refractivity contribution in [1.82, 2.24) is 20.0 Å². The first kappa shape index (κ1) is 14.9. The maximum absolute atomic E-state index is 12.4. The second kappa shape index (κ2) is 5.74. The van der Waals surface area contributed by atoms with Crippen molar-refractivity contribution in [3.63, 3.8) is 0 Å². The number of anilines is 1. The lowest BCUT2D eigenvalue weighted by atomic mass is 9.93. The van der Waals surface area contributed by atoms with Crippen molar-refractivity contribution in [3.05, 3.63) is 34.8 Å². The van der Waals surface area contributed by atoms with Gasteiger partial charge in [0.25, 0.3) is 0 Å². The Morgan fingerprint density at radius 1 is 1.43 bits per heavy atom. The normalized spacial score (nSPS) is 26.5. The van der Waals surface area contributed by atoms with Crippen molar-refractivity contribution in [2.24, 2.45) is 0 Å². The van der Waals surface area contributed by atoms with E-state index in [1.54, 1.807) is 11.3 Å². The second-order valence-corrected chi connectivity index (χ2v) is 7.39. The minimum atomic E-state index is 0.0551. The Morgan fingerprint density at radius 3 is 3.09 bits per heavy atom. The van der Waals surface area contributed by atoms with E-state index in [4.69, 9.17) is 0 Å². The average Bonchev–Trinajstić information content (AvgIpc) is 3.27. The van der Waals surface area contributed by atoms with Gasteiger partial charge in [-0.25, -0.2) is 0 Å². The fourth-order valence-electron chi connectivity index (χ4n) is 3.74. The quantitative estimate of drug-likeness (QED) is 0.924. The van der Waals surface area contributed by atoms with Gasteiger partial charge < -0.3 is 4.90 Å². The Labute approximate surface area is 139 Å². The molecule has 122 valence electrons. The highest BCUT2D eigenvalue weighted by molar-refractivity contribution is 7.08. The summed E-state index contributed by atoms with van der Waals surface area (Å²) in [5.41, 5.74) is 2.31. The number of aromatic amines is 1. The monoisotopic (exact) mass is 331 g/mol. The van der Waals surface area contributed by atoms with Crippen LogP contribution >= 0.6 is 11.3 Å². The number of nitrogens with zero attached hydrogens (tertiary/aromatic N) is 4. The third kappa shape index (κ3) is 2.69. The van der Waals surface area contributed by atoms with E-state index >= 15 is 0 Å². The molecule has 0 radical (unpaired) electrons. The predicted octanol–water partition coefficient (Wildman–Crippen LogP) is 1.39. The first-order chi connectivity index (χ1) is 11.2. The van der Waals surface area contributed by atoms with Crippen LogP contribution < -0.4 is 4.90 Å². The van der Waals surface area contributed by atoms with E-state index in [9.17, 15) is 4.79 Å². The Balaban J connectivity index is 1.51. The van der Waals surface area contributed by atoms with Gasteiger partial charge in [-0.3, -0.25) is 19.7 Å². The van der Waals surface area contributed by atoms with Gasteiger partial charge >= 0.3 is 0 Å². The number of rotatable bonds is 3. The molecule has 1 spiro atoms. The van der Waals surface area contributed by atoms with Crippen LogP contribution in [0.15, 0.2) is 29.2 Å². The third-order valence-corrected chi connectivity index (χ3v) is 5.80. The van der Waals surface area contributed by atoms with E-state index in [1.165, 1.54) is 5.56 Å². The van der Waals surface area contributed by atoms with Gasteiger partial charge in [0.15, 0.2) is 0 Å². The smallest absolute Gasteiger partial charge is 0.241 e. The minimum absolute atomic E-state index is 0.0551. The molecule has 6 nitrogen and oxygen atoms in total. The lowest BCUT2D eigenvalue weighted by Gasteiger charge is -2.46. The van der Waals surface area contributed by atoms with Crippen LogP contribution in [0.3, 0.4) is 0 Å². The van der Waals surface area contributed by atoms with Crippen LogP contribution in [0, 0.1) is 0 Å². The SMILES string of the molecule is CN1CC(=O)N(c2ccsc2)CC12CCN(Cc1cn[nH]c1)C2. The van der Waals surface area contributed by atoms with Gasteiger partial charge in [-0.2, -0.15) is 16.4 Å². The Bertz CT molecular complexity index is 671. The van der Waals surface area contributed by atoms with Crippen molar-refractivity contribution in [3.8, 4) is 0 Å². The molecule has 23 heavy (non-hydrogen) atoms. The molecule has 7 heteroatoms. The number of likely N-dealkylation sites (N-methyl/N-ethyl adjacent to an activating group) is 1. The number of carbonyl (C=O) groups is 1. The van der Waals surface area contributed by atoms with E-state index in [1.807, 2.05) is 28.7 Å². The van der Waals surface area contributed by atoms with Crippen LogP contribution in [0.5, 0.6) is 0 Å². The molecule has 1 N–H and O–H groups in total. The topological polar surface area (TPSA) is 55.5 Å². The molecule has 2 saturated heterocycles. The fraction of sp³-hybridized carbons (Fsp3) is 0.500. The van der Waals surface area contributed by atoms with E-state index < -0.39 is 0 Å².